The molecule has 0 saturated heterocycles. The Bertz CT molecular complexity index is 1230. The minimum absolute atomic E-state index is 0.104. The van der Waals surface area contributed by atoms with Crippen molar-refractivity contribution in [3.63, 3.8) is 0 Å². The van der Waals surface area contributed by atoms with E-state index in [1.165, 1.54) is 27.8 Å². The lowest BCUT2D eigenvalue weighted by atomic mass is 10.1. The molecule has 146 valence electrons. The number of hydrogen-bond acceptors (Lipinski definition) is 4. The van der Waals surface area contributed by atoms with E-state index in [4.69, 9.17) is 11.6 Å². The first kappa shape index (κ1) is 19.4. The minimum atomic E-state index is -0.277. The van der Waals surface area contributed by atoms with Crippen LogP contribution in [-0.2, 0) is 17.8 Å². The molecular formula is C22H18ClN3O2S. The van der Waals surface area contributed by atoms with E-state index in [1.54, 1.807) is 12.1 Å². The quantitative estimate of drug-likeness (QED) is 0.492. The van der Waals surface area contributed by atoms with Crippen LogP contribution in [0.25, 0.3) is 21.3 Å². The Kier molecular flexibility index (Phi) is 5.47. The van der Waals surface area contributed by atoms with E-state index in [2.05, 4.69) is 17.2 Å². The predicted octanol–water partition coefficient (Wildman–Crippen LogP) is 4.98. The van der Waals surface area contributed by atoms with Gasteiger partial charge >= 0.3 is 0 Å². The van der Waals surface area contributed by atoms with E-state index in [0.29, 0.717) is 20.9 Å². The second kappa shape index (κ2) is 8.19. The lowest BCUT2D eigenvalue weighted by molar-refractivity contribution is -0.116. The van der Waals surface area contributed by atoms with Crippen LogP contribution in [0.4, 0.5) is 5.69 Å². The van der Waals surface area contributed by atoms with Gasteiger partial charge in [0, 0.05) is 21.7 Å². The van der Waals surface area contributed by atoms with E-state index in [-0.39, 0.29) is 18.0 Å². The monoisotopic (exact) mass is 423 g/mol. The summed E-state index contributed by atoms with van der Waals surface area (Å²) in [6, 6.07) is 15.0. The van der Waals surface area contributed by atoms with Gasteiger partial charge in [0.05, 0.1) is 11.7 Å². The predicted molar refractivity (Wildman–Crippen MR) is 119 cm³/mol. The van der Waals surface area contributed by atoms with Gasteiger partial charge in [-0.3, -0.25) is 14.2 Å². The van der Waals surface area contributed by atoms with Crippen LogP contribution < -0.4 is 10.9 Å². The van der Waals surface area contributed by atoms with E-state index >= 15 is 0 Å². The summed E-state index contributed by atoms with van der Waals surface area (Å²) in [6.07, 6.45) is 2.36. The average Bonchev–Trinajstić information content (AvgIpc) is 3.16. The number of carbonyl (C=O) groups excluding carboxylic acids is 1. The first-order chi connectivity index (χ1) is 14.0. The fraction of sp³-hybridized carbons (Fsp3) is 0.136. The lowest BCUT2D eigenvalue weighted by Crippen LogP contribution is -2.27. The maximum atomic E-state index is 13.0. The van der Waals surface area contributed by atoms with Crippen LogP contribution in [-0.4, -0.2) is 15.5 Å². The molecule has 0 aliphatic carbocycles. The normalized spacial score (nSPS) is 11.0. The summed E-state index contributed by atoms with van der Waals surface area (Å²) >= 11 is 7.37. The number of nitrogens with one attached hydrogen (secondary N) is 1. The van der Waals surface area contributed by atoms with Crippen molar-refractivity contribution in [2.75, 3.05) is 5.32 Å². The van der Waals surface area contributed by atoms with Crippen LogP contribution in [0.1, 0.15) is 12.5 Å². The van der Waals surface area contributed by atoms with Crippen LogP contribution in [0.15, 0.2) is 65.0 Å². The molecule has 0 aliphatic rings. The van der Waals surface area contributed by atoms with Gasteiger partial charge in [-0.25, -0.2) is 4.98 Å². The van der Waals surface area contributed by atoms with Crippen molar-refractivity contribution in [3.05, 3.63) is 81.2 Å². The summed E-state index contributed by atoms with van der Waals surface area (Å²) in [6.45, 7) is 1.97. The van der Waals surface area contributed by atoms with Crippen molar-refractivity contribution < 1.29 is 4.79 Å². The van der Waals surface area contributed by atoms with Crippen LogP contribution in [0.3, 0.4) is 0 Å². The number of thiophene rings is 1. The molecule has 5 nitrogen and oxygen atoms in total. The SMILES string of the molecule is CCc1ccc(NC(=O)Cn2cnc3scc(-c4ccc(Cl)cc4)c3c2=O)cc1. The van der Waals surface area contributed by atoms with E-state index in [0.717, 1.165) is 17.5 Å². The number of nitrogens with zero attached hydrogens (tertiary/aromatic N) is 2. The van der Waals surface area contributed by atoms with Crippen LogP contribution in [0.5, 0.6) is 0 Å². The maximum absolute atomic E-state index is 13.0. The third-order valence-corrected chi connectivity index (χ3v) is 5.81. The number of rotatable bonds is 5. The molecule has 7 heteroatoms. The van der Waals surface area contributed by atoms with Crippen LogP contribution in [0.2, 0.25) is 5.02 Å². The Hall–Kier alpha value is -2.96. The molecule has 0 unspecified atom stereocenters. The molecule has 0 saturated carbocycles. The van der Waals surface area contributed by atoms with Crippen LogP contribution >= 0.6 is 22.9 Å². The molecule has 29 heavy (non-hydrogen) atoms. The van der Waals surface area contributed by atoms with Gasteiger partial charge < -0.3 is 5.32 Å². The van der Waals surface area contributed by atoms with Crippen molar-refractivity contribution in [1.29, 1.82) is 0 Å². The van der Waals surface area contributed by atoms with E-state index in [1.807, 2.05) is 41.8 Å². The summed E-state index contributed by atoms with van der Waals surface area (Å²) in [5.41, 5.74) is 3.34. The van der Waals surface area contributed by atoms with Crippen molar-refractivity contribution in [2.24, 2.45) is 0 Å². The summed E-state index contributed by atoms with van der Waals surface area (Å²) in [5, 5.41) is 5.88. The number of amides is 1. The number of aryl methyl sites for hydroxylation is 1. The third-order valence-electron chi connectivity index (χ3n) is 4.68. The Morgan fingerprint density at radius 2 is 1.86 bits per heavy atom. The Morgan fingerprint density at radius 1 is 1.14 bits per heavy atom. The Morgan fingerprint density at radius 3 is 2.55 bits per heavy atom. The highest BCUT2D eigenvalue weighted by Crippen LogP contribution is 2.31. The zero-order chi connectivity index (χ0) is 20.4. The molecule has 0 aliphatic heterocycles. The van der Waals surface area contributed by atoms with Crippen molar-refractivity contribution in [1.82, 2.24) is 9.55 Å². The third kappa shape index (κ3) is 4.09. The summed E-state index contributed by atoms with van der Waals surface area (Å²) in [5.74, 6) is -0.277. The standard InChI is InChI=1S/C22H18ClN3O2S/c1-2-14-3-9-17(10-4-14)25-19(27)11-26-13-24-21-20(22(26)28)18(12-29-21)15-5-7-16(23)8-6-15/h3-10,12-13H,2,11H2,1H3,(H,25,27). The highest BCUT2D eigenvalue weighted by atomic mass is 35.5. The molecule has 0 fully saturated rings. The fourth-order valence-electron chi connectivity index (χ4n) is 3.10. The average molecular weight is 424 g/mol. The van der Waals surface area contributed by atoms with Gasteiger partial charge in [-0.15, -0.1) is 11.3 Å². The number of carbonyl (C=O) groups is 1. The van der Waals surface area contributed by atoms with Crippen molar-refractivity contribution in [3.8, 4) is 11.1 Å². The maximum Gasteiger partial charge on any atom is 0.263 e. The number of benzene rings is 2. The molecule has 1 amide bonds. The Labute approximate surface area is 176 Å². The highest BCUT2D eigenvalue weighted by molar-refractivity contribution is 7.17. The molecule has 2 aromatic carbocycles. The van der Waals surface area contributed by atoms with Crippen molar-refractivity contribution in [2.45, 2.75) is 19.9 Å². The molecule has 0 bridgehead atoms. The lowest BCUT2D eigenvalue weighted by Gasteiger charge is -2.08. The number of aromatic nitrogens is 2. The Balaban J connectivity index is 1.61. The highest BCUT2D eigenvalue weighted by Gasteiger charge is 2.15. The number of fused-ring (bicyclic) bond motifs is 1. The molecule has 0 atom stereocenters. The topological polar surface area (TPSA) is 64.0 Å². The van der Waals surface area contributed by atoms with E-state index < -0.39 is 0 Å². The fourth-order valence-corrected chi connectivity index (χ4v) is 4.13. The van der Waals surface area contributed by atoms with Gasteiger partial charge in [0.25, 0.3) is 5.56 Å². The zero-order valence-electron chi connectivity index (χ0n) is 15.7. The van der Waals surface area contributed by atoms with Gasteiger partial charge in [0.15, 0.2) is 0 Å². The van der Waals surface area contributed by atoms with Crippen LogP contribution in [0, 0.1) is 0 Å². The smallest absolute Gasteiger partial charge is 0.263 e. The molecule has 1 N–H and O–H groups in total. The number of hydrogen-bond donors (Lipinski definition) is 1. The van der Waals surface area contributed by atoms with Gasteiger partial charge in [-0.1, -0.05) is 42.8 Å². The first-order valence-corrected chi connectivity index (χ1v) is 10.4. The number of halogens is 1. The van der Waals surface area contributed by atoms with Crippen molar-refractivity contribution >= 4 is 44.7 Å². The molecule has 4 aromatic rings. The number of anilines is 1. The first-order valence-electron chi connectivity index (χ1n) is 9.16. The van der Waals surface area contributed by atoms with Gasteiger partial charge in [0.2, 0.25) is 5.91 Å². The molecule has 0 radical (unpaired) electrons. The minimum Gasteiger partial charge on any atom is -0.325 e. The molecule has 4 rings (SSSR count). The van der Waals surface area contributed by atoms with E-state index in [9.17, 15) is 9.59 Å². The van der Waals surface area contributed by atoms with Gasteiger partial charge in [-0.05, 0) is 41.8 Å². The largest absolute Gasteiger partial charge is 0.325 e. The molecular weight excluding hydrogens is 406 g/mol. The summed E-state index contributed by atoms with van der Waals surface area (Å²) in [7, 11) is 0. The molecule has 2 aromatic heterocycles. The summed E-state index contributed by atoms with van der Waals surface area (Å²) in [4.78, 5) is 30.5. The second-order valence-electron chi connectivity index (χ2n) is 6.61. The second-order valence-corrected chi connectivity index (χ2v) is 7.91. The van der Waals surface area contributed by atoms with Gasteiger partial charge in [-0.2, -0.15) is 0 Å². The zero-order valence-corrected chi connectivity index (χ0v) is 17.3. The summed E-state index contributed by atoms with van der Waals surface area (Å²) < 4.78 is 1.34. The molecule has 0 spiro atoms. The van der Waals surface area contributed by atoms with Gasteiger partial charge in [0.1, 0.15) is 11.4 Å². The molecule has 2 heterocycles.